The van der Waals surface area contributed by atoms with Crippen molar-refractivity contribution in [1.29, 1.82) is 0 Å². The molecule has 13 heavy (non-hydrogen) atoms. The predicted molar refractivity (Wildman–Crippen MR) is 49.9 cm³/mol. The molecule has 0 atom stereocenters. The second-order valence-corrected chi connectivity index (χ2v) is 3.59. The largest absolute Gasteiger partial charge is 0.508 e. The predicted octanol–water partition coefficient (Wildman–Crippen LogP) is 2.29. The average molecular weight is 176 g/mol. The summed E-state index contributed by atoms with van der Waals surface area (Å²) in [4.78, 5) is 11.7. The van der Waals surface area contributed by atoms with Crippen molar-refractivity contribution in [2.45, 2.75) is 19.8 Å². The van der Waals surface area contributed by atoms with Gasteiger partial charge in [0.05, 0.1) is 0 Å². The number of ketones is 1. The third-order valence-electron chi connectivity index (χ3n) is 2.52. The molecule has 2 nitrogen and oxygen atoms in total. The molecule has 0 aliphatic heterocycles. The minimum absolute atomic E-state index is 0.188. The Morgan fingerprint density at radius 1 is 1.46 bits per heavy atom. The number of phenolic OH excluding ortho intramolecular Hbond substituents is 1. The molecule has 0 saturated heterocycles. The molecule has 0 unspecified atom stereocenters. The normalized spacial score (nSPS) is 15.8. The van der Waals surface area contributed by atoms with E-state index in [1.54, 1.807) is 25.1 Å². The lowest BCUT2D eigenvalue weighted by atomic mass is 10.0. The van der Waals surface area contributed by atoms with Gasteiger partial charge in [-0.25, -0.2) is 0 Å². The molecule has 0 radical (unpaired) electrons. The van der Waals surface area contributed by atoms with Gasteiger partial charge in [0.1, 0.15) is 5.75 Å². The van der Waals surface area contributed by atoms with Crippen molar-refractivity contribution in [3.63, 3.8) is 0 Å². The maximum absolute atomic E-state index is 11.7. The number of aromatic hydroxyl groups is 1. The fourth-order valence-corrected chi connectivity index (χ4v) is 1.46. The van der Waals surface area contributed by atoms with Crippen molar-refractivity contribution in [1.82, 2.24) is 0 Å². The Morgan fingerprint density at radius 3 is 2.77 bits per heavy atom. The van der Waals surface area contributed by atoms with Gasteiger partial charge in [0.25, 0.3) is 0 Å². The summed E-state index contributed by atoms with van der Waals surface area (Å²) in [6.45, 7) is 1.78. The summed E-state index contributed by atoms with van der Waals surface area (Å²) in [5.41, 5.74) is 1.39. The molecule has 68 valence electrons. The Hall–Kier alpha value is -1.31. The number of rotatable bonds is 2. The molecular formula is C11H12O2. The van der Waals surface area contributed by atoms with Gasteiger partial charge in [-0.3, -0.25) is 4.79 Å². The van der Waals surface area contributed by atoms with Gasteiger partial charge in [0.15, 0.2) is 5.78 Å². The molecular weight excluding hydrogens is 164 g/mol. The third-order valence-corrected chi connectivity index (χ3v) is 2.52. The third kappa shape index (κ3) is 1.44. The molecule has 2 rings (SSSR count). The van der Waals surface area contributed by atoms with E-state index in [1.807, 2.05) is 0 Å². The Morgan fingerprint density at radius 2 is 2.15 bits per heavy atom. The van der Waals surface area contributed by atoms with E-state index in [9.17, 15) is 9.90 Å². The molecule has 0 bridgehead atoms. The number of phenols is 1. The van der Waals surface area contributed by atoms with Crippen molar-refractivity contribution >= 4 is 5.78 Å². The summed E-state index contributed by atoms with van der Waals surface area (Å²) < 4.78 is 0. The monoisotopic (exact) mass is 176 g/mol. The van der Waals surface area contributed by atoms with Gasteiger partial charge in [-0.1, -0.05) is 12.1 Å². The number of Topliss-reactive ketones (excluding diaryl/α,β-unsaturated/α-hetero) is 1. The first-order chi connectivity index (χ1) is 6.20. The van der Waals surface area contributed by atoms with Gasteiger partial charge < -0.3 is 5.11 Å². The summed E-state index contributed by atoms with van der Waals surface area (Å²) in [5, 5.41) is 9.40. The molecule has 1 N–H and O–H groups in total. The highest BCUT2D eigenvalue weighted by Gasteiger charge is 2.31. The Balaban J connectivity index is 2.38. The minimum atomic E-state index is 0.188. The quantitative estimate of drug-likeness (QED) is 0.702. The molecule has 1 fully saturated rings. The van der Waals surface area contributed by atoms with E-state index < -0.39 is 0 Å². The second kappa shape index (κ2) is 2.87. The standard InChI is InChI=1S/C11H12O2/c1-7-9(3-2-4-10(7)12)11(13)8-5-6-8/h2-4,8,12H,5-6H2,1H3. The number of hydrogen-bond donors (Lipinski definition) is 1. The number of hydrogen-bond acceptors (Lipinski definition) is 2. The van der Waals surface area contributed by atoms with Crippen LogP contribution >= 0.6 is 0 Å². The first-order valence-electron chi connectivity index (χ1n) is 4.53. The topological polar surface area (TPSA) is 37.3 Å². The molecule has 1 aliphatic rings. The first kappa shape index (κ1) is 8.30. The zero-order valence-corrected chi connectivity index (χ0v) is 7.58. The van der Waals surface area contributed by atoms with Crippen LogP contribution in [0.1, 0.15) is 28.8 Å². The Labute approximate surface area is 77.2 Å². The van der Waals surface area contributed by atoms with Crippen LogP contribution in [0.2, 0.25) is 0 Å². The van der Waals surface area contributed by atoms with Gasteiger partial charge in [0, 0.05) is 17.0 Å². The van der Waals surface area contributed by atoms with Crippen LogP contribution in [-0.2, 0) is 0 Å². The second-order valence-electron chi connectivity index (χ2n) is 3.59. The SMILES string of the molecule is Cc1c(O)cccc1C(=O)C1CC1. The lowest BCUT2D eigenvalue weighted by Gasteiger charge is -2.04. The molecule has 0 amide bonds. The highest BCUT2D eigenvalue weighted by molar-refractivity contribution is 6.00. The fraction of sp³-hybridized carbons (Fsp3) is 0.364. The lowest BCUT2D eigenvalue weighted by Crippen LogP contribution is -2.03. The van der Waals surface area contributed by atoms with E-state index in [0.717, 1.165) is 12.8 Å². The van der Waals surface area contributed by atoms with Crippen LogP contribution in [0.4, 0.5) is 0 Å². The molecule has 1 aromatic rings. The van der Waals surface area contributed by atoms with Crippen LogP contribution in [0, 0.1) is 12.8 Å². The van der Waals surface area contributed by atoms with Crippen molar-refractivity contribution in [3.05, 3.63) is 29.3 Å². The molecule has 0 heterocycles. The molecule has 1 aliphatic carbocycles. The number of benzene rings is 1. The van der Waals surface area contributed by atoms with Crippen LogP contribution < -0.4 is 0 Å². The van der Waals surface area contributed by atoms with E-state index in [2.05, 4.69) is 0 Å². The summed E-state index contributed by atoms with van der Waals surface area (Å²) in [6.07, 6.45) is 2.02. The molecule has 1 aromatic carbocycles. The number of carbonyl (C=O) groups is 1. The lowest BCUT2D eigenvalue weighted by molar-refractivity contribution is 0.0966. The Kier molecular flexibility index (Phi) is 1.83. The van der Waals surface area contributed by atoms with Gasteiger partial charge in [-0.05, 0) is 25.8 Å². The van der Waals surface area contributed by atoms with Crippen molar-refractivity contribution in [2.24, 2.45) is 5.92 Å². The minimum Gasteiger partial charge on any atom is -0.508 e. The maximum Gasteiger partial charge on any atom is 0.166 e. The fourth-order valence-electron chi connectivity index (χ4n) is 1.46. The maximum atomic E-state index is 11.7. The van der Waals surface area contributed by atoms with Crippen molar-refractivity contribution in [3.8, 4) is 5.75 Å². The highest BCUT2D eigenvalue weighted by Crippen LogP contribution is 2.34. The van der Waals surface area contributed by atoms with Gasteiger partial charge in [0.2, 0.25) is 0 Å². The van der Waals surface area contributed by atoms with Gasteiger partial charge in [-0.2, -0.15) is 0 Å². The zero-order chi connectivity index (χ0) is 9.42. The van der Waals surface area contributed by atoms with Crippen molar-refractivity contribution in [2.75, 3.05) is 0 Å². The van der Waals surface area contributed by atoms with Gasteiger partial charge >= 0.3 is 0 Å². The van der Waals surface area contributed by atoms with Crippen LogP contribution in [0.3, 0.4) is 0 Å². The van der Waals surface area contributed by atoms with E-state index in [1.165, 1.54) is 0 Å². The van der Waals surface area contributed by atoms with E-state index in [0.29, 0.717) is 11.1 Å². The van der Waals surface area contributed by atoms with E-state index in [4.69, 9.17) is 0 Å². The average Bonchev–Trinajstić information content (AvgIpc) is 2.91. The molecule has 2 heteroatoms. The highest BCUT2D eigenvalue weighted by atomic mass is 16.3. The van der Waals surface area contributed by atoms with Gasteiger partial charge in [-0.15, -0.1) is 0 Å². The molecule has 0 aromatic heterocycles. The summed E-state index contributed by atoms with van der Waals surface area (Å²) >= 11 is 0. The van der Waals surface area contributed by atoms with Crippen LogP contribution in [0.15, 0.2) is 18.2 Å². The number of carbonyl (C=O) groups excluding carboxylic acids is 1. The summed E-state index contributed by atoms with van der Waals surface area (Å²) in [6, 6.07) is 5.12. The smallest absolute Gasteiger partial charge is 0.166 e. The Bertz CT molecular complexity index is 351. The van der Waals surface area contributed by atoms with Crippen LogP contribution in [0.5, 0.6) is 5.75 Å². The molecule has 0 spiro atoms. The first-order valence-corrected chi connectivity index (χ1v) is 4.53. The van der Waals surface area contributed by atoms with Crippen molar-refractivity contribution < 1.29 is 9.90 Å². The van der Waals surface area contributed by atoms with E-state index >= 15 is 0 Å². The summed E-state index contributed by atoms with van der Waals surface area (Å²) in [7, 11) is 0. The van der Waals surface area contributed by atoms with Crippen LogP contribution in [0.25, 0.3) is 0 Å². The molecule has 1 saturated carbocycles. The zero-order valence-electron chi connectivity index (χ0n) is 7.58. The summed E-state index contributed by atoms with van der Waals surface area (Å²) in [5.74, 6) is 0.625. The van der Waals surface area contributed by atoms with E-state index in [-0.39, 0.29) is 17.5 Å². The van der Waals surface area contributed by atoms with Crippen LogP contribution in [-0.4, -0.2) is 10.9 Å².